The maximum Gasteiger partial charge on any atom is 0.220 e. The average Bonchev–Trinajstić information content (AvgIpc) is 3.28. The van der Waals surface area contributed by atoms with E-state index in [1.165, 1.54) is 37.0 Å². The van der Waals surface area contributed by atoms with Gasteiger partial charge in [-0.15, -0.1) is 35.3 Å². The van der Waals surface area contributed by atoms with Crippen molar-refractivity contribution in [1.29, 1.82) is 0 Å². The fraction of sp³-hybridized carbons (Fsp3) is 0.727. The second-order valence-electron chi connectivity index (χ2n) is 8.30. The molecule has 1 aromatic heterocycles. The minimum absolute atomic E-state index is 0. The van der Waals surface area contributed by atoms with E-state index in [1.54, 1.807) is 7.05 Å². The molecule has 1 aromatic rings. The van der Waals surface area contributed by atoms with E-state index >= 15 is 0 Å². The molecule has 0 radical (unpaired) electrons. The number of likely N-dealkylation sites (tertiary alicyclic amines) is 1. The summed E-state index contributed by atoms with van der Waals surface area (Å²) in [5.41, 5.74) is 0.227. The molecule has 7 heteroatoms. The van der Waals surface area contributed by atoms with Gasteiger partial charge in [0.05, 0.1) is 6.54 Å². The van der Waals surface area contributed by atoms with E-state index in [0.29, 0.717) is 12.3 Å². The summed E-state index contributed by atoms with van der Waals surface area (Å²) in [6.07, 6.45) is 9.27. The molecule has 1 saturated carbocycles. The predicted octanol–water partition coefficient (Wildman–Crippen LogP) is 4.38. The molecule has 2 aliphatic rings. The molecule has 1 amide bonds. The largest absolute Gasteiger partial charge is 0.359 e. The van der Waals surface area contributed by atoms with Gasteiger partial charge in [0, 0.05) is 43.4 Å². The predicted molar refractivity (Wildman–Crippen MR) is 133 cm³/mol. The lowest BCUT2D eigenvalue weighted by atomic mass is 9.73. The van der Waals surface area contributed by atoms with Crippen LogP contribution in [0.3, 0.4) is 0 Å². The van der Waals surface area contributed by atoms with Crippen LogP contribution in [0.4, 0.5) is 0 Å². The van der Waals surface area contributed by atoms with Crippen LogP contribution in [0.25, 0.3) is 0 Å². The fourth-order valence-electron chi connectivity index (χ4n) is 4.66. The van der Waals surface area contributed by atoms with Crippen molar-refractivity contribution in [2.24, 2.45) is 10.9 Å². The zero-order chi connectivity index (χ0) is 19.8. The molecule has 5 nitrogen and oxygen atoms in total. The summed E-state index contributed by atoms with van der Waals surface area (Å²) in [5, 5.41) is 8.48. The van der Waals surface area contributed by atoms with Crippen molar-refractivity contribution in [3.05, 3.63) is 22.4 Å². The van der Waals surface area contributed by atoms with Crippen LogP contribution in [0.1, 0.15) is 63.2 Å². The Kier molecular flexibility index (Phi) is 10.2. The van der Waals surface area contributed by atoms with Crippen LogP contribution >= 0.6 is 35.3 Å². The number of rotatable bonds is 6. The highest BCUT2D eigenvalue weighted by Crippen LogP contribution is 2.41. The summed E-state index contributed by atoms with van der Waals surface area (Å²) < 4.78 is 0. The highest BCUT2D eigenvalue weighted by molar-refractivity contribution is 14.0. The van der Waals surface area contributed by atoms with Gasteiger partial charge in [0.2, 0.25) is 5.91 Å². The van der Waals surface area contributed by atoms with Crippen molar-refractivity contribution in [3.8, 4) is 0 Å². The molecule has 2 heterocycles. The number of hydrogen-bond acceptors (Lipinski definition) is 3. The Labute approximate surface area is 197 Å². The second-order valence-corrected chi connectivity index (χ2v) is 9.24. The van der Waals surface area contributed by atoms with Crippen molar-refractivity contribution >= 4 is 47.2 Å². The van der Waals surface area contributed by atoms with Crippen LogP contribution in [-0.2, 0) is 10.2 Å². The standard InChI is InChI=1S/C22H36N4OS.HI/c1-3-24-21(26-13-9-18(10-14-26)16-20(27)23-2)25-17-22(11-5-4-6-12-22)19-8-7-15-28-19;/h7-8,15,18H,3-6,9-14,16-17H2,1-2H3,(H,23,27)(H,24,25);1H. The van der Waals surface area contributed by atoms with E-state index in [2.05, 4.69) is 40.0 Å². The Morgan fingerprint density at radius 2 is 2.00 bits per heavy atom. The number of hydrogen-bond donors (Lipinski definition) is 2. The first-order chi connectivity index (χ1) is 13.7. The molecule has 0 bridgehead atoms. The maximum absolute atomic E-state index is 11.7. The van der Waals surface area contributed by atoms with Crippen molar-refractivity contribution in [2.45, 2.75) is 63.7 Å². The first kappa shape index (κ1) is 24.4. The average molecular weight is 533 g/mol. The molecule has 1 saturated heterocycles. The Bertz CT molecular complexity index is 635. The Morgan fingerprint density at radius 1 is 1.28 bits per heavy atom. The smallest absolute Gasteiger partial charge is 0.220 e. The molecule has 2 N–H and O–H groups in total. The molecule has 3 rings (SSSR count). The molecule has 0 spiro atoms. The van der Waals surface area contributed by atoms with Gasteiger partial charge in [0.25, 0.3) is 0 Å². The van der Waals surface area contributed by atoms with Gasteiger partial charge < -0.3 is 15.5 Å². The zero-order valence-corrected chi connectivity index (χ0v) is 21.1. The number of nitrogens with one attached hydrogen (secondary N) is 2. The Hall–Kier alpha value is -0.830. The molecule has 29 heavy (non-hydrogen) atoms. The number of halogens is 1. The minimum atomic E-state index is 0. The molecule has 0 atom stereocenters. The van der Waals surface area contributed by atoms with Gasteiger partial charge in [0.1, 0.15) is 0 Å². The first-order valence-electron chi connectivity index (χ1n) is 10.9. The van der Waals surface area contributed by atoms with Gasteiger partial charge in [-0.1, -0.05) is 25.3 Å². The lowest BCUT2D eigenvalue weighted by Gasteiger charge is -2.37. The number of carbonyl (C=O) groups is 1. The maximum atomic E-state index is 11.7. The van der Waals surface area contributed by atoms with Crippen molar-refractivity contribution in [2.75, 3.05) is 33.2 Å². The molecule has 164 valence electrons. The number of aliphatic imine (C=N–C) groups is 1. The van der Waals surface area contributed by atoms with Gasteiger partial charge in [-0.3, -0.25) is 9.79 Å². The quantitative estimate of drug-likeness (QED) is 0.325. The van der Waals surface area contributed by atoms with Crippen LogP contribution in [0.2, 0.25) is 0 Å². The second kappa shape index (κ2) is 12.1. The van der Waals surface area contributed by atoms with Crippen LogP contribution in [0.5, 0.6) is 0 Å². The van der Waals surface area contributed by atoms with Gasteiger partial charge >= 0.3 is 0 Å². The minimum Gasteiger partial charge on any atom is -0.359 e. The highest BCUT2D eigenvalue weighted by atomic mass is 127. The van der Waals surface area contributed by atoms with E-state index in [1.807, 2.05) is 11.3 Å². The third-order valence-corrected chi connectivity index (χ3v) is 7.50. The van der Waals surface area contributed by atoms with Gasteiger partial charge in [-0.25, -0.2) is 0 Å². The van der Waals surface area contributed by atoms with Gasteiger partial charge in [-0.05, 0) is 50.0 Å². The SMILES string of the molecule is CCNC(=NCC1(c2cccs2)CCCCC1)N1CCC(CC(=O)NC)CC1.I. The summed E-state index contributed by atoms with van der Waals surface area (Å²) in [6, 6.07) is 4.49. The van der Waals surface area contributed by atoms with Crippen molar-refractivity contribution in [3.63, 3.8) is 0 Å². The number of nitrogens with zero attached hydrogens (tertiary/aromatic N) is 2. The summed E-state index contributed by atoms with van der Waals surface area (Å²) in [4.78, 5) is 20.7. The molecular weight excluding hydrogens is 495 g/mol. The van der Waals surface area contributed by atoms with Gasteiger partial charge in [0.15, 0.2) is 5.96 Å². The summed E-state index contributed by atoms with van der Waals surface area (Å²) >= 11 is 1.90. The first-order valence-corrected chi connectivity index (χ1v) is 11.8. The van der Waals surface area contributed by atoms with E-state index < -0.39 is 0 Å². The normalized spacial score (nSPS) is 20.1. The zero-order valence-electron chi connectivity index (χ0n) is 17.9. The lowest BCUT2D eigenvalue weighted by Crippen LogP contribution is -2.46. The molecule has 2 fully saturated rings. The molecule has 1 aliphatic carbocycles. The third-order valence-electron chi connectivity index (χ3n) is 6.39. The Morgan fingerprint density at radius 3 is 2.59 bits per heavy atom. The molecule has 0 unspecified atom stereocenters. The highest BCUT2D eigenvalue weighted by Gasteiger charge is 2.35. The summed E-state index contributed by atoms with van der Waals surface area (Å²) in [6.45, 7) is 5.89. The van der Waals surface area contributed by atoms with Gasteiger partial charge in [-0.2, -0.15) is 0 Å². The molecule has 1 aliphatic heterocycles. The van der Waals surface area contributed by atoms with E-state index in [4.69, 9.17) is 4.99 Å². The summed E-state index contributed by atoms with van der Waals surface area (Å²) in [5.74, 6) is 1.71. The van der Waals surface area contributed by atoms with E-state index in [0.717, 1.165) is 45.0 Å². The van der Waals surface area contributed by atoms with E-state index in [-0.39, 0.29) is 35.3 Å². The van der Waals surface area contributed by atoms with Crippen molar-refractivity contribution in [1.82, 2.24) is 15.5 Å². The molecule has 0 aromatic carbocycles. The number of guanidine groups is 1. The fourth-order valence-corrected chi connectivity index (χ4v) is 5.64. The lowest BCUT2D eigenvalue weighted by molar-refractivity contribution is -0.121. The molecular formula is C22H37IN4OS. The Balaban J connectivity index is 0.00000300. The van der Waals surface area contributed by atoms with Crippen molar-refractivity contribution < 1.29 is 4.79 Å². The summed E-state index contributed by atoms with van der Waals surface area (Å²) in [7, 11) is 1.72. The van der Waals surface area contributed by atoms with E-state index in [9.17, 15) is 4.79 Å². The number of amides is 1. The van der Waals surface area contributed by atoms with Crippen LogP contribution in [-0.4, -0.2) is 50.0 Å². The monoisotopic (exact) mass is 532 g/mol. The number of thiophene rings is 1. The van der Waals surface area contributed by atoms with Crippen LogP contribution < -0.4 is 10.6 Å². The van der Waals surface area contributed by atoms with Crippen LogP contribution in [0, 0.1) is 5.92 Å². The number of carbonyl (C=O) groups excluding carboxylic acids is 1. The topological polar surface area (TPSA) is 56.7 Å². The number of piperidine rings is 1. The van der Waals surface area contributed by atoms with Crippen LogP contribution in [0.15, 0.2) is 22.5 Å². The third kappa shape index (κ3) is 6.57.